The van der Waals surface area contributed by atoms with Crippen molar-refractivity contribution in [1.29, 1.82) is 0 Å². The van der Waals surface area contributed by atoms with Crippen LogP contribution in [0.4, 0.5) is 4.79 Å². The first kappa shape index (κ1) is 31.1. The fraction of sp³-hybridized carbons (Fsp3) is 0.333. The topological polar surface area (TPSA) is 132 Å². The highest BCUT2D eigenvalue weighted by Crippen LogP contribution is 2.44. The number of rotatable bonds is 11. The van der Waals surface area contributed by atoms with Crippen molar-refractivity contribution in [2.45, 2.75) is 44.8 Å². The van der Waals surface area contributed by atoms with E-state index in [0.29, 0.717) is 11.3 Å². The van der Waals surface area contributed by atoms with Crippen LogP contribution in [0.1, 0.15) is 54.6 Å². The largest absolute Gasteiger partial charge is 0.497 e. The van der Waals surface area contributed by atoms with E-state index in [9.17, 15) is 19.2 Å². The van der Waals surface area contributed by atoms with Crippen molar-refractivity contribution in [2.75, 3.05) is 26.8 Å². The summed E-state index contributed by atoms with van der Waals surface area (Å²) in [6.07, 6.45) is -1.23. The third kappa shape index (κ3) is 8.34. The molecule has 3 aromatic carbocycles. The number of hydrogen-bond donors (Lipinski definition) is 3. The molecule has 3 amide bonds. The van der Waals surface area contributed by atoms with Gasteiger partial charge in [-0.25, -0.2) is 4.79 Å². The summed E-state index contributed by atoms with van der Waals surface area (Å²) < 4.78 is 16.0. The zero-order valence-corrected chi connectivity index (χ0v) is 24.8. The molecular weight excluding hydrogens is 550 g/mol. The van der Waals surface area contributed by atoms with Crippen LogP contribution in [-0.4, -0.2) is 62.3 Å². The van der Waals surface area contributed by atoms with Crippen molar-refractivity contribution >= 4 is 23.9 Å². The molecule has 4 rings (SSSR count). The predicted octanol–water partition coefficient (Wildman–Crippen LogP) is 4.18. The fourth-order valence-electron chi connectivity index (χ4n) is 4.87. The quantitative estimate of drug-likeness (QED) is 0.227. The summed E-state index contributed by atoms with van der Waals surface area (Å²) in [6, 6.07) is 21.3. The highest BCUT2D eigenvalue weighted by Gasteiger charge is 2.31. The van der Waals surface area contributed by atoms with Crippen molar-refractivity contribution in [1.82, 2.24) is 16.0 Å². The molecule has 10 nitrogen and oxygen atoms in total. The maximum atomic E-state index is 13.0. The molecule has 0 heterocycles. The zero-order valence-electron chi connectivity index (χ0n) is 24.8. The first-order valence-electron chi connectivity index (χ1n) is 14.1. The zero-order chi connectivity index (χ0) is 31.0. The second-order valence-corrected chi connectivity index (χ2v) is 11.1. The van der Waals surface area contributed by atoms with Gasteiger partial charge in [-0.2, -0.15) is 0 Å². The van der Waals surface area contributed by atoms with E-state index >= 15 is 0 Å². The molecule has 0 aromatic heterocycles. The van der Waals surface area contributed by atoms with Gasteiger partial charge < -0.3 is 30.2 Å². The normalized spacial score (nSPS) is 12.7. The summed E-state index contributed by atoms with van der Waals surface area (Å²) in [7, 11) is 1.54. The number of amides is 3. The number of benzene rings is 3. The minimum Gasteiger partial charge on any atom is -0.497 e. The Morgan fingerprint density at radius 1 is 0.814 bits per heavy atom. The standard InChI is InChI=1S/C33H37N3O7/c1-33(2,3)43-29(37)19-28(31(39)35-18-17-34-30(38)21-13-15-22(41-4)16-14-21)36-32(40)42-20-27-25-11-7-5-9-23(25)24-10-6-8-12-26(24)27/h5-16,27-28H,17-20H2,1-4H3,(H,34,38)(H,35,39)(H,36,40). The lowest BCUT2D eigenvalue weighted by molar-refractivity contribution is -0.156. The van der Waals surface area contributed by atoms with Gasteiger partial charge >= 0.3 is 12.1 Å². The Labute approximate surface area is 251 Å². The van der Waals surface area contributed by atoms with Crippen LogP contribution in [0.25, 0.3) is 11.1 Å². The lowest BCUT2D eigenvalue weighted by atomic mass is 9.98. The second kappa shape index (κ2) is 13.9. The minimum atomic E-state index is -1.25. The van der Waals surface area contributed by atoms with E-state index in [-0.39, 0.29) is 31.5 Å². The van der Waals surface area contributed by atoms with Crippen LogP contribution < -0.4 is 20.7 Å². The van der Waals surface area contributed by atoms with Crippen LogP contribution in [0.15, 0.2) is 72.8 Å². The summed E-state index contributed by atoms with van der Waals surface area (Å²) in [4.78, 5) is 50.9. The molecule has 1 atom stereocenters. The highest BCUT2D eigenvalue weighted by molar-refractivity contribution is 5.94. The average molecular weight is 588 g/mol. The summed E-state index contributed by atoms with van der Waals surface area (Å²) in [5.74, 6) is -1.12. The lowest BCUT2D eigenvalue weighted by Crippen LogP contribution is -2.50. The van der Waals surface area contributed by atoms with Crippen molar-refractivity contribution < 1.29 is 33.4 Å². The second-order valence-electron chi connectivity index (χ2n) is 11.1. The van der Waals surface area contributed by atoms with Crippen molar-refractivity contribution in [2.24, 2.45) is 0 Å². The number of alkyl carbamates (subject to hydrolysis) is 1. The molecule has 3 N–H and O–H groups in total. The predicted molar refractivity (Wildman–Crippen MR) is 161 cm³/mol. The number of carbonyl (C=O) groups excluding carboxylic acids is 4. The lowest BCUT2D eigenvalue weighted by Gasteiger charge is -2.23. The Morgan fingerprint density at radius 3 is 1.98 bits per heavy atom. The number of nitrogens with one attached hydrogen (secondary N) is 3. The molecule has 0 saturated carbocycles. The van der Waals surface area contributed by atoms with E-state index in [1.165, 1.54) is 7.11 Å². The number of carbonyl (C=O) groups is 4. The fourth-order valence-corrected chi connectivity index (χ4v) is 4.87. The van der Waals surface area contributed by atoms with Gasteiger partial charge in [0, 0.05) is 24.6 Å². The number of fused-ring (bicyclic) bond motifs is 3. The van der Waals surface area contributed by atoms with E-state index in [4.69, 9.17) is 14.2 Å². The molecule has 1 aliphatic rings. The summed E-state index contributed by atoms with van der Waals surface area (Å²) >= 11 is 0. The van der Waals surface area contributed by atoms with Crippen LogP contribution in [-0.2, 0) is 19.1 Å². The van der Waals surface area contributed by atoms with E-state index in [2.05, 4.69) is 16.0 Å². The van der Waals surface area contributed by atoms with Gasteiger partial charge in [-0.1, -0.05) is 48.5 Å². The summed E-state index contributed by atoms with van der Waals surface area (Å²) in [5, 5.41) is 7.88. The molecule has 0 saturated heterocycles. The van der Waals surface area contributed by atoms with E-state index in [1.807, 2.05) is 48.5 Å². The Balaban J connectivity index is 1.34. The molecule has 43 heavy (non-hydrogen) atoms. The smallest absolute Gasteiger partial charge is 0.407 e. The number of hydrogen-bond acceptors (Lipinski definition) is 7. The third-order valence-corrected chi connectivity index (χ3v) is 6.81. The monoisotopic (exact) mass is 587 g/mol. The van der Waals surface area contributed by atoms with Crippen molar-refractivity contribution in [3.05, 3.63) is 89.5 Å². The highest BCUT2D eigenvalue weighted by atomic mass is 16.6. The molecule has 1 aliphatic carbocycles. The maximum absolute atomic E-state index is 13.0. The van der Waals surface area contributed by atoms with Gasteiger partial charge in [0.1, 0.15) is 24.0 Å². The molecule has 0 spiro atoms. The van der Waals surface area contributed by atoms with Crippen LogP contribution in [0.5, 0.6) is 5.75 Å². The first-order chi connectivity index (χ1) is 20.6. The Morgan fingerprint density at radius 2 is 1.40 bits per heavy atom. The van der Waals surface area contributed by atoms with Crippen LogP contribution in [0.2, 0.25) is 0 Å². The molecule has 226 valence electrons. The molecule has 0 aliphatic heterocycles. The van der Waals surface area contributed by atoms with Crippen molar-refractivity contribution in [3.8, 4) is 16.9 Å². The number of esters is 1. The number of methoxy groups -OCH3 is 1. The maximum Gasteiger partial charge on any atom is 0.407 e. The Hall–Kier alpha value is -4.86. The van der Waals surface area contributed by atoms with Crippen LogP contribution in [0.3, 0.4) is 0 Å². The molecular formula is C33H37N3O7. The summed E-state index contributed by atoms with van der Waals surface area (Å²) in [5.41, 5.74) is 3.95. The van der Waals surface area contributed by atoms with E-state index in [1.54, 1.807) is 45.0 Å². The summed E-state index contributed by atoms with van der Waals surface area (Å²) in [6.45, 7) is 5.38. The third-order valence-electron chi connectivity index (χ3n) is 6.81. The first-order valence-corrected chi connectivity index (χ1v) is 14.1. The van der Waals surface area contributed by atoms with Crippen LogP contribution in [0, 0.1) is 0 Å². The number of ether oxygens (including phenoxy) is 3. The minimum absolute atomic E-state index is 0.0536. The van der Waals surface area contributed by atoms with Gasteiger partial charge in [-0.05, 0) is 67.3 Å². The Bertz CT molecular complexity index is 1420. The van der Waals surface area contributed by atoms with Crippen LogP contribution >= 0.6 is 0 Å². The molecule has 3 aromatic rings. The van der Waals surface area contributed by atoms with Gasteiger partial charge in [0.15, 0.2) is 0 Å². The van der Waals surface area contributed by atoms with E-state index in [0.717, 1.165) is 22.3 Å². The molecule has 0 fully saturated rings. The SMILES string of the molecule is COc1ccc(C(=O)NCCNC(=O)C(CC(=O)OC(C)(C)C)NC(=O)OCC2c3ccccc3-c3ccccc32)cc1. The molecule has 0 radical (unpaired) electrons. The van der Waals surface area contributed by atoms with Gasteiger partial charge in [-0.3, -0.25) is 14.4 Å². The van der Waals surface area contributed by atoms with E-state index < -0.39 is 36.0 Å². The van der Waals surface area contributed by atoms with Gasteiger partial charge in [0.05, 0.1) is 13.5 Å². The van der Waals surface area contributed by atoms with Gasteiger partial charge in [-0.15, -0.1) is 0 Å². The Kier molecular flexibility index (Phi) is 10.0. The molecule has 1 unspecified atom stereocenters. The molecule has 0 bridgehead atoms. The van der Waals surface area contributed by atoms with Gasteiger partial charge in [0.2, 0.25) is 5.91 Å². The average Bonchev–Trinajstić information content (AvgIpc) is 3.30. The molecule has 10 heteroatoms. The van der Waals surface area contributed by atoms with Gasteiger partial charge in [0.25, 0.3) is 5.91 Å². The van der Waals surface area contributed by atoms with Crippen molar-refractivity contribution in [3.63, 3.8) is 0 Å².